The number of rotatable bonds is 7. The average Bonchev–Trinajstić information content (AvgIpc) is 2.75. The Labute approximate surface area is 185 Å². The minimum Gasteiger partial charge on any atom is -0.465 e. The maximum atomic E-state index is 11.9. The van der Waals surface area contributed by atoms with Crippen molar-refractivity contribution in [1.29, 1.82) is 5.26 Å². The van der Waals surface area contributed by atoms with Gasteiger partial charge in [-0.05, 0) is 38.8 Å². The largest absolute Gasteiger partial charge is 0.465 e. The van der Waals surface area contributed by atoms with E-state index in [9.17, 15) is 14.9 Å². The van der Waals surface area contributed by atoms with Gasteiger partial charge in [0, 0.05) is 12.1 Å². The lowest BCUT2D eigenvalue weighted by molar-refractivity contribution is 0.0995. The number of anilines is 3. The number of primary amides is 1. The van der Waals surface area contributed by atoms with Crippen LogP contribution in [0.5, 0.6) is 0 Å². The van der Waals surface area contributed by atoms with E-state index in [0.29, 0.717) is 29.4 Å². The molecule has 0 unspecified atom stereocenters. The third kappa shape index (κ3) is 5.40. The molecule has 11 nitrogen and oxygen atoms in total. The number of carbonyl (C=O) groups excluding carboxylic acids is 1. The molecule has 2 heterocycles. The van der Waals surface area contributed by atoms with Crippen molar-refractivity contribution >= 4 is 29.3 Å². The first-order valence-corrected chi connectivity index (χ1v) is 10.3. The number of nitrogens with two attached hydrogens (primary N) is 1. The lowest BCUT2D eigenvalue weighted by Gasteiger charge is -2.32. The topological polar surface area (TPSA) is 179 Å². The van der Waals surface area contributed by atoms with Crippen LogP contribution in [0.1, 0.15) is 55.7 Å². The van der Waals surface area contributed by atoms with Gasteiger partial charge in [0.2, 0.25) is 0 Å². The van der Waals surface area contributed by atoms with Gasteiger partial charge in [0.25, 0.3) is 5.91 Å². The molecule has 1 aliphatic carbocycles. The molecule has 3 rings (SSSR count). The summed E-state index contributed by atoms with van der Waals surface area (Å²) in [7, 11) is 0. The van der Waals surface area contributed by atoms with Crippen LogP contribution in [0, 0.1) is 11.3 Å². The maximum Gasteiger partial charge on any atom is 0.404 e. The molecule has 6 N–H and O–H groups in total. The third-order valence-electron chi connectivity index (χ3n) is 5.37. The van der Waals surface area contributed by atoms with Gasteiger partial charge >= 0.3 is 6.09 Å². The predicted molar refractivity (Wildman–Crippen MR) is 118 cm³/mol. The summed E-state index contributed by atoms with van der Waals surface area (Å²) in [6, 6.07) is 8.57. The lowest BCUT2D eigenvalue weighted by Crippen LogP contribution is -2.48. The van der Waals surface area contributed by atoms with E-state index >= 15 is 0 Å². The predicted octanol–water partition coefficient (Wildman–Crippen LogP) is 2.51. The average molecular weight is 438 g/mol. The summed E-state index contributed by atoms with van der Waals surface area (Å²) in [4.78, 5) is 27.5. The van der Waals surface area contributed by atoms with Crippen LogP contribution in [0.3, 0.4) is 0 Å². The molecule has 2 atom stereocenters. The normalized spacial score (nSPS) is 18.3. The lowest BCUT2D eigenvalue weighted by atomic mass is 9.90. The molecule has 0 saturated heterocycles. The maximum absolute atomic E-state index is 11.9. The second-order valence-corrected chi connectivity index (χ2v) is 8.22. The van der Waals surface area contributed by atoms with Crippen LogP contribution in [0.2, 0.25) is 0 Å². The second kappa shape index (κ2) is 9.47. The number of aromatic nitrogens is 3. The molecule has 0 aliphatic heterocycles. The number of nitrogens with zero attached hydrogens (tertiary/aromatic N) is 4. The Hall–Kier alpha value is -3.94. The van der Waals surface area contributed by atoms with Crippen molar-refractivity contribution in [3.05, 3.63) is 35.7 Å². The van der Waals surface area contributed by atoms with Crippen molar-refractivity contribution in [1.82, 2.24) is 20.5 Å². The van der Waals surface area contributed by atoms with E-state index < -0.39 is 17.4 Å². The fraction of sp³-hybridized carbons (Fsp3) is 0.429. The fourth-order valence-corrected chi connectivity index (χ4v) is 3.61. The highest BCUT2D eigenvalue weighted by molar-refractivity contribution is 5.97. The summed E-state index contributed by atoms with van der Waals surface area (Å²) in [6.07, 6.45) is 2.29. The zero-order valence-electron chi connectivity index (χ0n) is 17.9. The highest BCUT2D eigenvalue weighted by atomic mass is 16.4. The molecule has 1 saturated carbocycles. The van der Waals surface area contributed by atoms with Gasteiger partial charge in [-0.2, -0.15) is 5.26 Å². The van der Waals surface area contributed by atoms with Gasteiger partial charge in [0.1, 0.15) is 5.82 Å². The van der Waals surface area contributed by atoms with Crippen LogP contribution in [-0.2, 0) is 5.41 Å². The molecule has 0 bridgehead atoms. The van der Waals surface area contributed by atoms with Crippen LogP contribution >= 0.6 is 0 Å². The molecule has 0 radical (unpaired) electrons. The number of carboxylic acid groups (broad SMARTS) is 1. The van der Waals surface area contributed by atoms with Gasteiger partial charge in [0.15, 0.2) is 11.5 Å². The molecule has 2 aromatic heterocycles. The third-order valence-corrected chi connectivity index (χ3v) is 5.37. The van der Waals surface area contributed by atoms with Gasteiger partial charge < -0.3 is 26.8 Å². The zero-order chi connectivity index (χ0) is 23.3. The Bertz CT molecular complexity index is 1050. The second-order valence-electron chi connectivity index (χ2n) is 8.22. The highest BCUT2D eigenvalue weighted by Crippen LogP contribution is 2.26. The molecule has 0 aromatic carbocycles. The number of nitriles is 1. The van der Waals surface area contributed by atoms with Crippen LogP contribution < -0.4 is 21.7 Å². The van der Waals surface area contributed by atoms with Crippen LogP contribution in [0.15, 0.2) is 24.3 Å². The van der Waals surface area contributed by atoms with Crippen molar-refractivity contribution in [3.63, 3.8) is 0 Å². The number of hydrogen-bond donors (Lipinski definition) is 5. The van der Waals surface area contributed by atoms with Crippen LogP contribution in [-0.4, -0.2) is 44.4 Å². The van der Waals surface area contributed by atoms with Crippen molar-refractivity contribution in [2.24, 2.45) is 5.73 Å². The molecule has 11 heteroatoms. The van der Waals surface area contributed by atoms with Gasteiger partial charge in [-0.25, -0.2) is 9.78 Å². The highest BCUT2D eigenvalue weighted by Gasteiger charge is 2.27. The van der Waals surface area contributed by atoms with E-state index in [1.165, 1.54) is 0 Å². The Morgan fingerprint density at radius 3 is 2.56 bits per heavy atom. The number of hydrogen-bond acceptors (Lipinski definition) is 8. The Kier molecular flexibility index (Phi) is 6.73. The number of pyridine rings is 1. The standard InChI is InChI=1S/C21H26N8O3/c1-21(2,11-22)15-8-5-9-16(27-15)25-14-10-17(28-29-18(14)19(23)30)24-12-6-3-4-7-13(12)26-20(31)32/h5,8-10,12-13,26H,3-4,6-7H2,1-2H3,(H2,23,30)(H,31,32)(H2,24,25,27,28)/t12-,13+/m1/s1. The van der Waals surface area contributed by atoms with E-state index in [1.807, 2.05) is 0 Å². The molecule has 0 spiro atoms. The molecule has 1 fully saturated rings. The van der Waals surface area contributed by atoms with Crippen LogP contribution in [0.4, 0.5) is 22.1 Å². The smallest absolute Gasteiger partial charge is 0.404 e. The molecule has 32 heavy (non-hydrogen) atoms. The summed E-state index contributed by atoms with van der Waals surface area (Å²) >= 11 is 0. The van der Waals surface area contributed by atoms with Crippen molar-refractivity contribution < 1.29 is 14.7 Å². The first-order valence-electron chi connectivity index (χ1n) is 10.3. The Balaban J connectivity index is 1.87. The summed E-state index contributed by atoms with van der Waals surface area (Å²) in [5, 5.41) is 35.3. The monoisotopic (exact) mass is 438 g/mol. The Morgan fingerprint density at radius 2 is 1.91 bits per heavy atom. The number of amides is 2. The molecular weight excluding hydrogens is 412 g/mol. The van der Waals surface area contributed by atoms with Crippen molar-refractivity contribution in [3.8, 4) is 6.07 Å². The first kappa shape index (κ1) is 22.7. The molecule has 168 valence electrons. The van der Waals surface area contributed by atoms with Crippen LogP contribution in [0.25, 0.3) is 0 Å². The van der Waals surface area contributed by atoms with E-state index in [4.69, 9.17) is 10.8 Å². The minimum atomic E-state index is -1.08. The van der Waals surface area contributed by atoms with E-state index in [1.54, 1.807) is 38.1 Å². The van der Waals surface area contributed by atoms with Crippen molar-refractivity contribution in [2.75, 3.05) is 10.6 Å². The first-order chi connectivity index (χ1) is 15.2. The fourth-order valence-electron chi connectivity index (χ4n) is 3.61. The minimum absolute atomic E-state index is 0.0637. The van der Waals surface area contributed by atoms with Gasteiger partial charge in [-0.15, -0.1) is 10.2 Å². The van der Waals surface area contributed by atoms with Crippen molar-refractivity contribution in [2.45, 2.75) is 57.0 Å². The van der Waals surface area contributed by atoms with Gasteiger partial charge in [-0.3, -0.25) is 4.79 Å². The summed E-state index contributed by atoms with van der Waals surface area (Å²) in [5.74, 6) is 0.0219. The van der Waals surface area contributed by atoms with Gasteiger partial charge in [0.05, 0.1) is 28.9 Å². The van der Waals surface area contributed by atoms with Gasteiger partial charge in [-0.1, -0.05) is 18.9 Å². The zero-order valence-corrected chi connectivity index (χ0v) is 17.9. The Morgan fingerprint density at radius 1 is 1.19 bits per heavy atom. The van der Waals surface area contributed by atoms with E-state index in [-0.39, 0.29) is 17.8 Å². The molecular formula is C21H26N8O3. The molecule has 1 aliphatic rings. The quantitative estimate of drug-likeness (QED) is 0.434. The summed E-state index contributed by atoms with van der Waals surface area (Å²) in [6.45, 7) is 3.52. The summed E-state index contributed by atoms with van der Waals surface area (Å²) in [5.41, 5.74) is 5.47. The number of carbonyl (C=O) groups is 2. The SMILES string of the molecule is CC(C)(C#N)c1cccc(Nc2cc(N[C@@H]3CCCC[C@@H]3NC(=O)O)nnc2C(N)=O)n1. The number of nitrogens with one attached hydrogen (secondary N) is 3. The van der Waals surface area contributed by atoms with E-state index in [0.717, 1.165) is 19.3 Å². The summed E-state index contributed by atoms with van der Waals surface area (Å²) < 4.78 is 0. The van der Waals surface area contributed by atoms with E-state index in [2.05, 4.69) is 37.2 Å². The molecule has 2 aromatic rings. The molecule has 2 amide bonds.